The molecule has 0 spiro atoms. The zero-order valence-electron chi connectivity index (χ0n) is 12.6. The van der Waals surface area contributed by atoms with Gasteiger partial charge in [-0.1, -0.05) is 37.2 Å². The number of nitriles is 1. The molecule has 0 aliphatic carbocycles. The van der Waals surface area contributed by atoms with Gasteiger partial charge in [0.1, 0.15) is 5.54 Å². The Hall–Kier alpha value is -1.71. The second-order valence-corrected chi connectivity index (χ2v) is 6.91. The number of H-pyrrole nitrogens is 1. The highest BCUT2D eigenvalue weighted by molar-refractivity contribution is 7.99. The SMILES string of the molecule is CC(C)[C@](C)(C#N)NC(=O)CSc1nc2ccc(Cl)cc2[nH]1. The highest BCUT2D eigenvalue weighted by Crippen LogP contribution is 2.22. The molecule has 0 saturated carbocycles. The maximum atomic E-state index is 12.0. The minimum Gasteiger partial charge on any atom is -0.337 e. The van der Waals surface area contributed by atoms with E-state index in [0.29, 0.717) is 10.2 Å². The number of imidazole rings is 1. The van der Waals surface area contributed by atoms with Crippen LogP contribution in [0.5, 0.6) is 0 Å². The Kier molecular flexibility index (Phi) is 4.99. The lowest BCUT2D eigenvalue weighted by Crippen LogP contribution is -2.49. The van der Waals surface area contributed by atoms with E-state index in [1.807, 2.05) is 19.9 Å². The summed E-state index contributed by atoms with van der Waals surface area (Å²) in [5.74, 6) is 0.0263. The van der Waals surface area contributed by atoms with Gasteiger partial charge in [-0.15, -0.1) is 0 Å². The Morgan fingerprint density at radius 3 is 2.95 bits per heavy atom. The number of aromatic nitrogens is 2. The van der Waals surface area contributed by atoms with Gasteiger partial charge < -0.3 is 10.3 Å². The van der Waals surface area contributed by atoms with Crippen LogP contribution in [-0.4, -0.2) is 27.2 Å². The maximum absolute atomic E-state index is 12.0. The summed E-state index contributed by atoms with van der Waals surface area (Å²) in [6, 6.07) is 7.54. The summed E-state index contributed by atoms with van der Waals surface area (Å²) in [6.45, 7) is 5.53. The van der Waals surface area contributed by atoms with Crippen LogP contribution < -0.4 is 5.32 Å². The third kappa shape index (κ3) is 3.73. The zero-order valence-corrected chi connectivity index (χ0v) is 14.2. The third-order valence-corrected chi connectivity index (χ3v) is 4.66. The number of thioether (sulfide) groups is 1. The minimum atomic E-state index is -0.862. The number of hydrogen-bond donors (Lipinski definition) is 2. The zero-order chi connectivity index (χ0) is 16.3. The molecule has 2 aromatic rings. The van der Waals surface area contributed by atoms with Crippen molar-refractivity contribution in [3.8, 4) is 6.07 Å². The van der Waals surface area contributed by atoms with E-state index in [2.05, 4.69) is 21.4 Å². The van der Waals surface area contributed by atoms with Crippen LogP contribution in [0.25, 0.3) is 11.0 Å². The molecule has 22 heavy (non-hydrogen) atoms. The Balaban J connectivity index is 1.99. The Morgan fingerprint density at radius 1 is 1.59 bits per heavy atom. The molecule has 1 atom stereocenters. The van der Waals surface area contributed by atoms with Crippen molar-refractivity contribution in [3.63, 3.8) is 0 Å². The van der Waals surface area contributed by atoms with Gasteiger partial charge in [-0.05, 0) is 31.0 Å². The quantitative estimate of drug-likeness (QED) is 0.820. The smallest absolute Gasteiger partial charge is 0.231 e. The number of halogens is 1. The van der Waals surface area contributed by atoms with Crippen molar-refractivity contribution in [1.82, 2.24) is 15.3 Å². The summed E-state index contributed by atoms with van der Waals surface area (Å²) in [4.78, 5) is 19.5. The topological polar surface area (TPSA) is 81.6 Å². The average Bonchev–Trinajstić information content (AvgIpc) is 2.86. The Morgan fingerprint density at radius 2 is 2.32 bits per heavy atom. The average molecular weight is 337 g/mol. The molecule has 7 heteroatoms. The van der Waals surface area contributed by atoms with Crippen molar-refractivity contribution in [3.05, 3.63) is 23.2 Å². The van der Waals surface area contributed by atoms with E-state index in [1.54, 1.807) is 19.1 Å². The number of rotatable bonds is 5. The molecule has 0 radical (unpaired) electrons. The lowest BCUT2D eigenvalue weighted by atomic mass is 9.90. The molecule has 0 bridgehead atoms. The second kappa shape index (κ2) is 6.59. The maximum Gasteiger partial charge on any atom is 0.231 e. The van der Waals surface area contributed by atoms with E-state index in [4.69, 9.17) is 11.6 Å². The number of carbonyl (C=O) groups is 1. The van der Waals surface area contributed by atoms with Crippen molar-refractivity contribution in [2.45, 2.75) is 31.5 Å². The van der Waals surface area contributed by atoms with Crippen molar-refractivity contribution in [1.29, 1.82) is 5.26 Å². The molecule has 1 heterocycles. The number of nitrogens with zero attached hydrogens (tertiary/aromatic N) is 2. The van der Waals surface area contributed by atoms with E-state index in [1.165, 1.54) is 11.8 Å². The first-order chi connectivity index (χ1) is 10.3. The van der Waals surface area contributed by atoms with E-state index in [-0.39, 0.29) is 17.6 Å². The number of hydrogen-bond acceptors (Lipinski definition) is 4. The van der Waals surface area contributed by atoms with Crippen LogP contribution in [0, 0.1) is 17.2 Å². The number of carbonyl (C=O) groups excluding carboxylic acids is 1. The second-order valence-electron chi connectivity index (χ2n) is 5.51. The lowest BCUT2D eigenvalue weighted by Gasteiger charge is -2.27. The van der Waals surface area contributed by atoms with Gasteiger partial charge in [-0.3, -0.25) is 4.79 Å². The van der Waals surface area contributed by atoms with Gasteiger partial charge >= 0.3 is 0 Å². The largest absolute Gasteiger partial charge is 0.337 e. The van der Waals surface area contributed by atoms with Gasteiger partial charge in [0.15, 0.2) is 5.16 Å². The first-order valence-electron chi connectivity index (χ1n) is 6.84. The van der Waals surface area contributed by atoms with Gasteiger partial charge in [-0.2, -0.15) is 5.26 Å². The molecule has 116 valence electrons. The van der Waals surface area contributed by atoms with Crippen molar-refractivity contribution in [2.75, 3.05) is 5.75 Å². The molecule has 1 aromatic carbocycles. The summed E-state index contributed by atoms with van der Waals surface area (Å²) in [5, 5.41) is 13.3. The number of nitrogens with one attached hydrogen (secondary N) is 2. The van der Waals surface area contributed by atoms with E-state index in [9.17, 15) is 10.1 Å². The standard InChI is InChI=1S/C15H17ClN4OS/c1-9(2)15(3,8-17)20-13(21)7-22-14-18-11-5-4-10(16)6-12(11)19-14/h4-6,9H,7H2,1-3H3,(H,18,19)(H,20,21)/t15-/m0/s1. The van der Waals surface area contributed by atoms with Gasteiger partial charge in [0, 0.05) is 5.02 Å². The molecule has 0 unspecified atom stereocenters. The highest BCUT2D eigenvalue weighted by Gasteiger charge is 2.29. The molecule has 1 amide bonds. The van der Waals surface area contributed by atoms with Crippen LogP contribution >= 0.6 is 23.4 Å². The summed E-state index contributed by atoms with van der Waals surface area (Å²) < 4.78 is 0. The fraction of sp³-hybridized carbons (Fsp3) is 0.400. The molecule has 2 N–H and O–H groups in total. The first kappa shape index (κ1) is 16.7. The summed E-state index contributed by atoms with van der Waals surface area (Å²) >= 11 is 7.22. The molecule has 2 rings (SSSR count). The molecule has 5 nitrogen and oxygen atoms in total. The van der Waals surface area contributed by atoms with Crippen LogP contribution in [-0.2, 0) is 4.79 Å². The van der Waals surface area contributed by atoms with Gasteiger partial charge in [-0.25, -0.2) is 4.98 Å². The van der Waals surface area contributed by atoms with E-state index >= 15 is 0 Å². The third-order valence-electron chi connectivity index (χ3n) is 3.55. The fourth-order valence-electron chi connectivity index (χ4n) is 1.79. The normalized spacial score (nSPS) is 13.8. The molecule has 0 saturated heterocycles. The molecule has 0 fully saturated rings. The molecular weight excluding hydrogens is 320 g/mol. The molecule has 0 aliphatic rings. The van der Waals surface area contributed by atoms with Crippen LogP contribution in [0.3, 0.4) is 0 Å². The monoisotopic (exact) mass is 336 g/mol. The van der Waals surface area contributed by atoms with E-state index in [0.717, 1.165) is 11.0 Å². The van der Waals surface area contributed by atoms with Crippen LogP contribution in [0.15, 0.2) is 23.4 Å². The van der Waals surface area contributed by atoms with Crippen molar-refractivity contribution in [2.24, 2.45) is 5.92 Å². The van der Waals surface area contributed by atoms with Gasteiger partial charge in [0.2, 0.25) is 5.91 Å². The van der Waals surface area contributed by atoms with Gasteiger partial charge in [0.05, 0.1) is 22.9 Å². The van der Waals surface area contributed by atoms with Crippen LogP contribution in [0.2, 0.25) is 5.02 Å². The minimum absolute atomic E-state index is 0.0276. The number of aromatic amines is 1. The van der Waals surface area contributed by atoms with Crippen LogP contribution in [0.4, 0.5) is 0 Å². The van der Waals surface area contributed by atoms with Gasteiger partial charge in [0.25, 0.3) is 0 Å². The number of amides is 1. The van der Waals surface area contributed by atoms with Crippen molar-refractivity contribution < 1.29 is 4.79 Å². The molecular formula is C15H17ClN4OS. The summed E-state index contributed by atoms with van der Waals surface area (Å²) in [6.07, 6.45) is 0. The van der Waals surface area contributed by atoms with Crippen molar-refractivity contribution >= 4 is 40.3 Å². The number of benzene rings is 1. The Labute approximate surface area is 138 Å². The Bertz CT molecular complexity index is 737. The van der Waals surface area contributed by atoms with E-state index < -0.39 is 5.54 Å². The predicted octanol–water partition coefficient (Wildman–Crippen LogP) is 3.36. The molecule has 1 aromatic heterocycles. The predicted molar refractivity (Wildman–Crippen MR) is 88.8 cm³/mol. The summed E-state index contributed by atoms with van der Waals surface area (Å²) in [7, 11) is 0. The summed E-state index contributed by atoms with van der Waals surface area (Å²) in [5.41, 5.74) is 0.773. The first-order valence-corrected chi connectivity index (χ1v) is 8.21. The van der Waals surface area contributed by atoms with Crippen LogP contribution in [0.1, 0.15) is 20.8 Å². The number of fused-ring (bicyclic) bond motifs is 1. The molecule has 0 aliphatic heterocycles. The highest BCUT2D eigenvalue weighted by atomic mass is 35.5. The fourth-order valence-corrected chi connectivity index (χ4v) is 2.64. The lowest BCUT2D eigenvalue weighted by molar-refractivity contribution is -0.120.